The average molecular weight is 335 g/mol. The van der Waals surface area contributed by atoms with Gasteiger partial charge in [0.05, 0.1) is 4.90 Å². The standard InChI is InChI=1S/C16H21N3O3S/c1-12-18-16(11-22-12)13-3-5-15(6-4-13)23(20,21)19-9-7-14(17-2)8-10-19/h3-6,11,14,17H,7-10H2,1-2H3. The zero-order valence-electron chi connectivity index (χ0n) is 13.3. The Bertz CT molecular complexity index is 760. The third-order valence-corrected chi connectivity index (χ3v) is 6.18. The van der Waals surface area contributed by atoms with Gasteiger partial charge in [-0.2, -0.15) is 4.31 Å². The van der Waals surface area contributed by atoms with E-state index in [0.29, 0.717) is 35.6 Å². The van der Waals surface area contributed by atoms with E-state index in [2.05, 4.69) is 10.3 Å². The van der Waals surface area contributed by atoms with Crippen LogP contribution in [0.15, 0.2) is 39.8 Å². The van der Waals surface area contributed by atoms with Crippen LogP contribution in [-0.4, -0.2) is 43.9 Å². The monoisotopic (exact) mass is 335 g/mol. The van der Waals surface area contributed by atoms with E-state index in [-0.39, 0.29) is 0 Å². The summed E-state index contributed by atoms with van der Waals surface area (Å²) < 4.78 is 32.2. The van der Waals surface area contributed by atoms with Crippen molar-refractivity contribution in [3.63, 3.8) is 0 Å². The molecule has 1 aliphatic heterocycles. The summed E-state index contributed by atoms with van der Waals surface area (Å²) in [5.41, 5.74) is 1.55. The van der Waals surface area contributed by atoms with Crippen molar-refractivity contribution in [3.8, 4) is 11.3 Å². The Morgan fingerprint density at radius 2 is 1.87 bits per heavy atom. The minimum absolute atomic E-state index is 0.323. The van der Waals surface area contributed by atoms with Crippen LogP contribution >= 0.6 is 0 Å². The molecule has 0 atom stereocenters. The number of hydrogen-bond acceptors (Lipinski definition) is 5. The number of nitrogens with one attached hydrogen (secondary N) is 1. The number of benzene rings is 1. The van der Waals surface area contributed by atoms with E-state index in [1.807, 2.05) is 7.05 Å². The number of piperidine rings is 1. The minimum atomic E-state index is -3.43. The highest BCUT2D eigenvalue weighted by Crippen LogP contribution is 2.24. The molecule has 2 aromatic rings. The van der Waals surface area contributed by atoms with Gasteiger partial charge in [0.1, 0.15) is 12.0 Å². The molecule has 1 fully saturated rings. The van der Waals surface area contributed by atoms with Gasteiger partial charge >= 0.3 is 0 Å². The molecule has 1 aliphatic rings. The van der Waals surface area contributed by atoms with Crippen molar-refractivity contribution >= 4 is 10.0 Å². The summed E-state index contributed by atoms with van der Waals surface area (Å²) in [6, 6.07) is 7.21. The molecule has 0 unspecified atom stereocenters. The fraction of sp³-hybridized carbons (Fsp3) is 0.438. The molecule has 0 radical (unpaired) electrons. The number of aryl methyl sites for hydroxylation is 1. The van der Waals surface area contributed by atoms with Crippen LogP contribution < -0.4 is 5.32 Å². The van der Waals surface area contributed by atoms with Crippen LogP contribution in [0.1, 0.15) is 18.7 Å². The third kappa shape index (κ3) is 3.31. The first kappa shape index (κ1) is 16.2. The Hall–Kier alpha value is -1.70. The van der Waals surface area contributed by atoms with Gasteiger partial charge < -0.3 is 9.73 Å². The largest absolute Gasteiger partial charge is 0.449 e. The number of aromatic nitrogens is 1. The number of sulfonamides is 1. The van der Waals surface area contributed by atoms with Gasteiger partial charge in [0.15, 0.2) is 5.89 Å². The second-order valence-electron chi connectivity index (χ2n) is 5.74. The SMILES string of the molecule is CNC1CCN(S(=O)(=O)c2ccc(-c3coc(C)n3)cc2)CC1. The molecule has 0 saturated carbocycles. The summed E-state index contributed by atoms with van der Waals surface area (Å²) in [6.07, 6.45) is 3.25. The molecule has 0 spiro atoms. The van der Waals surface area contributed by atoms with Gasteiger partial charge in [0.2, 0.25) is 10.0 Å². The van der Waals surface area contributed by atoms with Crippen molar-refractivity contribution in [2.75, 3.05) is 20.1 Å². The predicted octanol–water partition coefficient (Wildman–Crippen LogP) is 2.02. The lowest BCUT2D eigenvalue weighted by molar-refractivity contribution is 0.298. The van der Waals surface area contributed by atoms with Crippen molar-refractivity contribution in [1.29, 1.82) is 0 Å². The van der Waals surface area contributed by atoms with Crippen molar-refractivity contribution in [1.82, 2.24) is 14.6 Å². The first-order valence-electron chi connectivity index (χ1n) is 7.70. The van der Waals surface area contributed by atoms with E-state index in [1.165, 1.54) is 0 Å². The van der Waals surface area contributed by atoms with E-state index in [4.69, 9.17) is 4.42 Å². The summed E-state index contributed by atoms with van der Waals surface area (Å²) in [4.78, 5) is 4.57. The molecule has 7 heteroatoms. The molecular formula is C16H21N3O3S. The van der Waals surface area contributed by atoms with E-state index >= 15 is 0 Å². The van der Waals surface area contributed by atoms with E-state index in [9.17, 15) is 8.42 Å². The topological polar surface area (TPSA) is 75.4 Å². The van der Waals surface area contributed by atoms with Crippen LogP contribution in [-0.2, 0) is 10.0 Å². The molecule has 6 nitrogen and oxygen atoms in total. The maximum atomic E-state index is 12.7. The third-order valence-electron chi connectivity index (χ3n) is 4.27. The van der Waals surface area contributed by atoms with Crippen LogP contribution in [0, 0.1) is 6.92 Å². The number of nitrogens with zero attached hydrogens (tertiary/aromatic N) is 2. The van der Waals surface area contributed by atoms with Crippen molar-refractivity contribution in [3.05, 3.63) is 36.4 Å². The van der Waals surface area contributed by atoms with E-state index in [1.54, 1.807) is 41.8 Å². The summed E-state index contributed by atoms with van der Waals surface area (Å²) in [5.74, 6) is 0.587. The van der Waals surface area contributed by atoms with Crippen molar-refractivity contribution in [2.45, 2.75) is 30.7 Å². The van der Waals surface area contributed by atoms with E-state index < -0.39 is 10.0 Å². The quantitative estimate of drug-likeness (QED) is 0.925. The molecule has 1 aromatic heterocycles. The second-order valence-corrected chi connectivity index (χ2v) is 7.68. The van der Waals surface area contributed by atoms with Crippen LogP contribution in [0.25, 0.3) is 11.3 Å². The molecule has 0 amide bonds. The highest BCUT2D eigenvalue weighted by molar-refractivity contribution is 7.89. The fourth-order valence-corrected chi connectivity index (χ4v) is 4.30. The molecule has 0 aliphatic carbocycles. The van der Waals surface area contributed by atoms with Crippen LogP contribution in [0.3, 0.4) is 0 Å². The maximum Gasteiger partial charge on any atom is 0.243 e. The predicted molar refractivity (Wildman–Crippen MR) is 87.5 cm³/mol. The molecule has 1 saturated heterocycles. The lowest BCUT2D eigenvalue weighted by Gasteiger charge is -2.31. The van der Waals surface area contributed by atoms with Gasteiger partial charge in [-0.05, 0) is 32.0 Å². The Labute approximate surface area is 136 Å². The van der Waals surface area contributed by atoms with Crippen molar-refractivity contribution in [2.24, 2.45) is 0 Å². The molecule has 3 rings (SSSR count). The Balaban J connectivity index is 1.78. The van der Waals surface area contributed by atoms with Crippen LogP contribution in [0.2, 0.25) is 0 Å². The van der Waals surface area contributed by atoms with Gasteiger partial charge in [-0.15, -0.1) is 0 Å². The normalized spacial score (nSPS) is 17.5. The van der Waals surface area contributed by atoms with Crippen LogP contribution in [0.5, 0.6) is 0 Å². The average Bonchev–Trinajstić information content (AvgIpc) is 3.01. The van der Waals surface area contributed by atoms with Gasteiger partial charge in [-0.25, -0.2) is 13.4 Å². The second kappa shape index (κ2) is 6.43. The Kier molecular flexibility index (Phi) is 4.52. The lowest BCUT2D eigenvalue weighted by atomic mass is 10.1. The number of oxazole rings is 1. The summed E-state index contributed by atoms with van der Waals surface area (Å²) in [6.45, 7) is 2.88. The molecule has 124 valence electrons. The lowest BCUT2D eigenvalue weighted by Crippen LogP contribution is -2.43. The maximum absolute atomic E-state index is 12.7. The first-order chi connectivity index (χ1) is 11.0. The summed E-state index contributed by atoms with van der Waals surface area (Å²) >= 11 is 0. The Morgan fingerprint density at radius 3 is 2.39 bits per heavy atom. The highest BCUT2D eigenvalue weighted by Gasteiger charge is 2.28. The van der Waals surface area contributed by atoms with Gasteiger partial charge in [-0.1, -0.05) is 12.1 Å². The summed E-state index contributed by atoms with van der Waals surface area (Å²) in [7, 11) is -1.51. The van der Waals surface area contributed by atoms with Gasteiger partial charge in [0, 0.05) is 31.6 Å². The first-order valence-corrected chi connectivity index (χ1v) is 9.14. The molecule has 0 bridgehead atoms. The number of hydrogen-bond donors (Lipinski definition) is 1. The highest BCUT2D eigenvalue weighted by atomic mass is 32.2. The Morgan fingerprint density at radius 1 is 1.22 bits per heavy atom. The van der Waals surface area contributed by atoms with Crippen molar-refractivity contribution < 1.29 is 12.8 Å². The smallest absolute Gasteiger partial charge is 0.243 e. The molecule has 1 N–H and O–H groups in total. The number of rotatable bonds is 4. The zero-order valence-corrected chi connectivity index (χ0v) is 14.1. The van der Waals surface area contributed by atoms with E-state index in [0.717, 1.165) is 18.4 Å². The molecular weight excluding hydrogens is 314 g/mol. The summed E-state index contributed by atoms with van der Waals surface area (Å²) in [5, 5.41) is 3.21. The molecule has 2 heterocycles. The van der Waals surface area contributed by atoms with Gasteiger partial charge in [-0.3, -0.25) is 0 Å². The minimum Gasteiger partial charge on any atom is -0.449 e. The van der Waals surface area contributed by atoms with Gasteiger partial charge in [0.25, 0.3) is 0 Å². The zero-order chi connectivity index (χ0) is 16.4. The fourth-order valence-electron chi connectivity index (χ4n) is 2.83. The van der Waals surface area contributed by atoms with Crippen LogP contribution in [0.4, 0.5) is 0 Å². The molecule has 23 heavy (non-hydrogen) atoms. The molecule has 1 aromatic carbocycles.